The van der Waals surface area contributed by atoms with Crippen LogP contribution in [0, 0.1) is 0 Å². The predicted molar refractivity (Wildman–Crippen MR) is 68.4 cm³/mol. The molecule has 0 aliphatic carbocycles. The molecule has 1 fully saturated rings. The summed E-state index contributed by atoms with van der Waals surface area (Å²) in [5.41, 5.74) is 0.685. The molecule has 0 saturated carbocycles. The van der Waals surface area contributed by atoms with E-state index in [2.05, 4.69) is 15.6 Å². The molecule has 2 N–H and O–H groups in total. The molecule has 4 nitrogen and oxygen atoms in total. The zero-order valence-corrected chi connectivity index (χ0v) is 10.1. The van der Waals surface area contributed by atoms with E-state index in [0.717, 1.165) is 29.6 Å². The van der Waals surface area contributed by atoms with Crippen LogP contribution < -0.4 is 10.6 Å². The molecule has 2 aromatic rings. The van der Waals surface area contributed by atoms with E-state index in [1.54, 1.807) is 23.7 Å². The third-order valence-corrected chi connectivity index (χ3v) is 3.96. The first-order chi connectivity index (χ1) is 8.34. The molecule has 3 rings (SSSR count). The second-order valence-electron chi connectivity index (χ2n) is 4.19. The molecule has 0 bridgehead atoms. The summed E-state index contributed by atoms with van der Waals surface area (Å²) in [4.78, 5) is 16.3. The zero-order chi connectivity index (χ0) is 11.7. The average molecular weight is 247 g/mol. The summed E-state index contributed by atoms with van der Waals surface area (Å²) in [6.07, 6.45) is 4.44. The van der Waals surface area contributed by atoms with Crippen molar-refractivity contribution in [2.75, 3.05) is 13.1 Å². The van der Waals surface area contributed by atoms with E-state index in [0.29, 0.717) is 5.56 Å². The van der Waals surface area contributed by atoms with Crippen LogP contribution in [0.15, 0.2) is 23.8 Å². The summed E-state index contributed by atoms with van der Waals surface area (Å²) >= 11 is 1.58. The summed E-state index contributed by atoms with van der Waals surface area (Å²) in [6.45, 7) is 1.84. The summed E-state index contributed by atoms with van der Waals surface area (Å²) < 4.78 is 1.02. The van der Waals surface area contributed by atoms with E-state index in [-0.39, 0.29) is 11.9 Å². The van der Waals surface area contributed by atoms with Crippen LogP contribution in [0.25, 0.3) is 10.1 Å². The van der Waals surface area contributed by atoms with Gasteiger partial charge in [0.15, 0.2) is 0 Å². The van der Waals surface area contributed by atoms with Gasteiger partial charge in [-0.3, -0.25) is 9.78 Å². The minimum atomic E-state index is -0.0146. The van der Waals surface area contributed by atoms with Gasteiger partial charge in [-0.25, -0.2) is 0 Å². The number of nitrogens with zero attached hydrogens (tertiary/aromatic N) is 1. The van der Waals surface area contributed by atoms with E-state index in [1.807, 2.05) is 11.4 Å². The van der Waals surface area contributed by atoms with Gasteiger partial charge in [0.1, 0.15) is 0 Å². The van der Waals surface area contributed by atoms with Gasteiger partial charge < -0.3 is 10.6 Å². The van der Waals surface area contributed by atoms with Crippen LogP contribution in [-0.4, -0.2) is 30.0 Å². The molecule has 0 radical (unpaired) electrons. The van der Waals surface area contributed by atoms with Crippen LogP contribution in [0.1, 0.15) is 16.8 Å². The summed E-state index contributed by atoms with van der Waals surface area (Å²) in [7, 11) is 0. The maximum atomic E-state index is 12.1. The molecule has 1 aliphatic rings. The molecule has 88 valence electrons. The van der Waals surface area contributed by atoms with Gasteiger partial charge in [-0.15, -0.1) is 11.3 Å². The van der Waals surface area contributed by atoms with Crippen molar-refractivity contribution in [2.45, 2.75) is 12.5 Å². The van der Waals surface area contributed by atoms with Crippen molar-refractivity contribution in [1.82, 2.24) is 15.6 Å². The second kappa shape index (κ2) is 4.43. The molecule has 1 saturated heterocycles. The van der Waals surface area contributed by atoms with Gasteiger partial charge in [-0.2, -0.15) is 0 Å². The second-order valence-corrected chi connectivity index (χ2v) is 5.11. The first-order valence-electron chi connectivity index (χ1n) is 5.67. The number of hydrogen-bond donors (Lipinski definition) is 2. The molecule has 2 aromatic heterocycles. The molecule has 17 heavy (non-hydrogen) atoms. The Morgan fingerprint density at radius 2 is 2.47 bits per heavy atom. The third kappa shape index (κ3) is 2.03. The van der Waals surface area contributed by atoms with Gasteiger partial charge in [-0.1, -0.05) is 0 Å². The molecule has 1 atom stereocenters. The Bertz CT molecular complexity index is 545. The molecule has 0 spiro atoms. The number of pyridine rings is 1. The van der Waals surface area contributed by atoms with Crippen LogP contribution in [0.2, 0.25) is 0 Å². The normalized spacial score (nSPS) is 19.6. The van der Waals surface area contributed by atoms with Crippen LogP contribution in [0.4, 0.5) is 0 Å². The Labute approximate surface area is 103 Å². The van der Waals surface area contributed by atoms with Gasteiger partial charge in [-0.05, 0) is 24.4 Å². The van der Waals surface area contributed by atoms with E-state index < -0.39 is 0 Å². The smallest absolute Gasteiger partial charge is 0.254 e. The Morgan fingerprint density at radius 3 is 3.29 bits per heavy atom. The predicted octanol–water partition coefficient (Wildman–Crippen LogP) is 1.39. The fourth-order valence-corrected chi connectivity index (χ4v) is 2.97. The number of fused-ring (bicyclic) bond motifs is 1. The maximum absolute atomic E-state index is 12.1. The molecule has 1 unspecified atom stereocenters. The van der Waals surface area contributed by atoms with Crippen molar-refractivity contribution in [3.8, 4) is 0 Å². The van der Waals surface area contributed by atoms with Gasteiger partial charge in [0, 0.05) is 30.4 Å². The molecule has 3 heterocycles. The minimum absolute atomic E-state index is 0.0146. The van der Waals surface area contributed by atoms with Gasteiger partial charge in [0.25, 0.3) is 5.91 Å². The lowest BCUT2D eigenvalue weighted by Gasteiger charge is -2.11. The number of carbonyl (C=O) groups is 1. The number of amides is 1. The maximum Gasteiger partial charge on any atom is 0.254 e. The average Bonchev–Trinajstić information content (AvgIpc) is 2.97. The highest BCUT2D eigenvalue weighted by molar-refractivity contribution is 7.17. The summed E-state index contributed by atoms with van der Waals surface area (Å²) in [5.74, 6) is -0.0146. The minimum Gasteiger partial charge on any atom is -0.348 e. The highest BCUT2D eigenvalue weighted by atomic mass is 32.1. The van der Waals surface area contributed by atoms with Crippen molar-refractivity contribution >= 4 is 27.3 Å². The van der Waals surface area contributed by atoms with Crippen molar-refractivity contribution in [1.29, 1.82) is 0 Å². The van der Waals surface area contributed by atoms with Crippen molar-refractivity contribution in [3.05, 3.63) is 29.4 Å². The molecular formula is C12H13N3OS. The Hall–Kier alpha value is -1.46. The number of nitrogens with one attached hydrogen (secondary N) is 2. The third-order valence-electron chi connectivity index (χ3n) is 3.00. The van der Waals surface area contributed by atoms with E-state index >= 15 is 0 Å². The topological polar surface area (TPSA) is 54.0 Å². The summed E-state index contributed by atoms with van der Waals surface area (Å²) in [5, 5.41) is 9.30. The van der Waals surface area contributed by atoms with Gasteiger partial charge >= 0.3 is 0 Å². The van der Waals surface area contributed by atoms with Gasteiger partial charge in [0.2, 0.25) is 0 Å². The van der Waals surface area contributed by atoms with Crippen LogP contribution in [0.5, 0.6) is 0 Å². The lowest BCUT2D eigenvalue weighted by Crippen LogP contribution is -2.36. The molecule has 1 amide bonds. The number of rotatable bonds is 2. The number of aromatic nitrogens is 1. The van der Waals surface area contributed by atoms with Crippen molar-refractivity contribution in [2.24, 2.45) is 0 Å². The molecule has 0 aromatic carbocycles. The number of hydrogen-bond acceptors (Lipinski definition) is 4. The van der Waals surface area contributed by atoms with Crippen molar-refractivity contribution in [3.63, 3.8) is 0 Å². The Kier molecular flexibility index (Phi) is 2.78. The number of thiophene rings is 1. The quantitative estimate of drug-likeness (QED) is 0.843. The SMILES string of the molecule is O=C(NC1CCNC1)c1cncc2ccsc12. The van der Waals surface area contributed by atoms with Crippen LogP contribution in [-0.2, 0) is 0 Å². The monoisotopic (exact) mass is 247 g/mol. The summed E-state index contributed by atoms with van der Waals surface area (Å²) in [6, 6.07) is 2.23. The highest BCUT2D eigenvalue weighted by Gasteiger charge is 2.19. The molecule has 1 aliphatic heterocycles. The zero-order valence-electron chi connectivity index (χ0n) is 9.27. The largest absolute Gasteiger partial charge is 0.348 e. The van der Waals surface area contributed by atoms with Crippen LogP contribution in [0.3, 0.4) is 0 Å². The lowest BCUT2D eigenvalue weighted by atomic mass is 10.2. The van der Waals surface area contributed by atoms with Crippen LogP contribution >= 0.6 is 11.3 Å². The Balaban J connectivity index is 1.87. The fraction of sp³-hybridized carbons (Fsp3) is 0.333. The first kappa shape index (κ1) is 10.7. The number of carbonyl (C=O) groups excluding carboxylic acids is 1. The van der Waals surface area contributed by atoms with Crippen molar-refractivity contribution < 1.29 is 4.79 Å². The van der Waals surface area contributed by atoms with E-state index in [4.69, 9.17) is 0 Å². The molecular weight excluding hydrogens is 234 g/mol. The molecule has 5 heteroatoms. The Morgan fingerprint density at radius 1 is 1.53 bits per heavy atom. The fourth-order valence-electron chi connectivity index (χ4n) is 2.09. The highest BCUT2D eigenvalue weighted by Crippen LogP contribution is 2.23. The van der Waals surface area contributed by atoms with Gasteiger partial charge in [0.05, 0.1) is 10.3 Å². The lowest BCUT2D eigenvalue weighted by molar-refractivity contribution is 0.0941. The van der Waals surface area contributed by atoms with E-state index in [9.17, 15) is 4.79 Å². The standard InChI is InChI=1S/C12H13N3OS/c16-12(15-9-1-3-13-6-9)10-7-14-5-8-2-4-17-11(8)10/h2,4-5,7,9,13H,1,3,6H2,(H,15,16). The van der Waals surface area contributed by atoms with E-state index in [1.165, 1.54) is 0 Å². The first-order valence-corrected chi connectivity index (χ1v) is 6.55.